The van der Waals surface area contributed by atoms with Gasteiger partial charge in [0.15, 0.2) is 0 Å². The maximum Gasteiger partial charge on any atom is 0.320 e. The van der Waals surface area contributed by atoms with E-state index in [4.69, 9.17) is 5.73 Å². The number of halogens is 2. The molecule has 33 heavy (non-hydrogen) atoms. The molecule has 1 aromatic rings. The number of nitrogens with zero attached hydrogens (tertiary/aromatic N) is 6. The van der Waals surface area contributed by atoms with E-state index >= 15 is 0 Å². The highest BCUT2D eigenvalue weighted by Gasteiger charge is 2.58. The van der Waals surface area contributed by atoms with Gasteiger partial charge in [-0.15, -0.1) is 0 Å². The average Bonchev–Trinajstić information content (AvgIpc) is 3.49. The Hall–Kier alpha value is -2.62. The fourth-order valence-corrected chi connectivity index (χ4v) is 5.96. The first-order valence-corrected chi connectivity index (χ1v) is 11.7. The molecular weight excluding hydrogens is 428 g/mol. The minimum atomic E-state index is -0.661. The van der Waals surface area contributed by atoms with Crippen LogP contribution in [-0.4, -0.2) is 83.2 Å². The van der Waals surface area contributed by atoms with Crippen LogP contribution in [0.2, 0.25) is 0 Å². The van der Waals surface area contributed by atoms with Gasteiger partial charge >= 0.3 is 6.03 Å². The number of nitrogens with two attached hydrogens (primary N) is 1. The highest BCUT2D eigenvalue weighted by atomic mass is 19.1. The van der Waals surface area contributed by atoms with E-state index in [0.717, 1.165) is 77.2 Å². The Bertz CT molecular complexity index is 1010. The van der Waals surface area contributed by atoms with E-state index in [1.165, 1.54) is 0 Å². The first-order chi connectivity index (χ1) is 15.8. The summed E-state index contributed by atoms with van der Waals surface area (Å²) < 4.78 is 26.8. The van der Waals surface area contributed by atoms with Gasteiger partial charge in [-0.3, -0.25) is 14.9 Å². The standard InChI is InChI=1S/C23H29F2N7O/c24-16-3-18(25)19(27-6-16)7-30-8-23(9-30)12-32(13-23)21(33)31-10-22(11-31)4-17(5-22)28-14-29-20(26)15-1-2-15/h3,6,14-15,17H,1-2,4-5,7-13H2,(H2,26,28,29). The van der Waals surface area contributed by atoms with Crippen molar-refractivity contribution in [3.63, 3.8) is 0 Å². The highest BCUT2D eigenvalue weighted by Crippen LogP contribution is 2.50. The van der Waals surface area contributed by atoms with Crippen molar-refractivity contribution < 1.29 is 13.6 Å². The van der Waals surface area contributed by atoms with Gasteiger partial charge in [0.25, 0.3) is 0 Å². The zero-order chi connectivity index (χ0) is 22.8. The molecule has 2 N–H and O–H groups in total. The Labute approximate surface area is 191 Å². The van der Waals surface area contributed by atoms with Crippen LogP contribution >= 0.6 is 0 Å². The quantitative estimate of drug-likeness (QED) is 0.540. The number of pyridine rings is 1. The summed E-state index contributed by atoms with van der Waals surface area (Å²) in [6.07, 6.45) is 6.98. The van der Waals surface area contributed by atoms with E-state index in [1.54, 1.807) is 6.34 Å². The molecule has 2 amide bonds. The molecule has 5 aliphatic rings. The molecule has 2 saturated carbocycles. The minimum absolute atomic E-state index is 0.119. The molecule has 4 heterocycles. The van der Waals surface area contributed by atoms with Crippen LogP contribution in [0.4, 0.5) is 13.6 Å². The molecule has 10 heteroatoms. The van der Waals surface area contributed by atoms with Gasteiger partial charge in [-0.25, -0.2) is 18.6 Å². The SMILES string of the molecule is NC(=NC=NC1CC2(C1)CN(C(=O)N1CC3(CN(Cc4ncc(F)cc4F)C3)C1)C2)C1CC1. The smallest absolute Gasteiger partial charge is 0.320 e. The van der Waals surface area contributed by atoms with Gasteiger partial charge in [-0.2, -0.15) is 0 Å². The largest absolute Gasteiger partial charge is 0.387 e. The zero-order valence-corrected chi connectivity index (χ0v) is 18.6. The molecule has 3 aliphatic heterocycles. The topological polar surface area (TPSA) is 90.4 Å². The predicted octanol–water partition coefficient (Wildman–Crippen LogP) is 1.86. The van der Waals surface area contributed by atoms with Crippen molar-refractivity contribution in [2.75, 3.05) is 39.3 Å². The van der Waals surface area contributed by atoms with Crippen molar-refractivity contribution in [1.29, 1.82) is 0 Å². The van der Waals surface area contributed by atoms with Crippen molar-refractivity contribution in [2.24, 2.45) is 32.5 Å². The van der Waals surface area contributed by atoms with Crippen LogP contribution in [0.15, 0.2) is 22.2 Å². The zero-order valence-electron chi connectivity index (χ0n) is 18.6. The number of carbonyl (C=O) groups is 1. The minimum Gasteiger partial charge on any atom is -0.387 e. The lowest BCUT2D eigenvalue weighted by Crippen LogP contribution is -2.75. The van der Waals surface area contributed by atoms with E-state index in [9.17, 15) is 13.6 Å². The molecule has 1 aromatic heterocycles. The van der Waals surface area contributed by atoms with Crippen LogP contribution in [0.25, 0.3) is 0 Å². The lowest BCUT2D eigenvalue weighted by atomic mass is 9.61. The maximum atomic E-state index is 13.8. The molecule has 8 nitrogen and oxygen atoms in total. The number of hydrogen-bond acceptors (Lipinski definition) is 4. The number of aromatic nitrogens is 1. The second-order valence-corrected chi connectivity index (χ2v) is 10.9. The summed E-state index contributed by atoms with van der Waals surface area (Å²) in [6.45, 7) is 5.13. The summed E-state index contributed by atoms with van der Waals surface area (Å²) in [5.74, 6) is -0.0963. The summed E-state index contributed by atoms with van der Waals surface area (Å²) in [5, 5.41) is 0. The van der Waals surface area contributed by atoms with Crippen molar-refractivity contribution >= 4 is 18.2 Å². The Morgan fingerprint density at radius 3 is 2.42 bits per heavy atom. The number of amides is 2. The third-order valence-electron chi connectivity index (χ3n) is 7.84. The van der Waals surface area contributed by atoms with Gasteiger partial charge < -0.3 is 15.5 Å². The van der Waals surface area contributed by atoms with E-state index in [1.807, 2.05) is 9.80 Å². The molecule has 5 fully saturated rings. The van der Waals surface area contributed by atoms with E-state index in [2.05, 4.69) is 19.9 Å². The van der Waals surface area contributed by atoms with Crippen LogP contribution in [0, 0.1) is 28.4 Å². The molecule has 0 radical (unpaired) electrons. The summed E-state index contributed by atoms with van der Waals surface area (Å²) in [7, 11) is 0. The number of hydrogen-bond donors (Lipinski definition) is 1. The molecule has 2 spiro atoms. The van der Waals surface area contributed by atoms with Gasteiger partial charge in [0.2, 0.25) is 0 Å². The third-order valence-corrected chi connectivity index (χ3v) is 7.84. The lowest BCUT2D eigenvalue weighted by Gasteiger charge is -2.63. The van der Waals surface area contributed by atoms with E-state index < -0.39 is 11.6 Å². The number of aliphatic imine (C=N–C) groups is 2. The van der Waals surface area contributed by atoms with E-state index in [-0.39, 0.29) is 22.6 Å². The fraction of sp³-hybridized carbons (Fsp3) is 0.652. The summed E-state index contributed by atoms with van der Waals surface area (Å²) in [4.78, 5) is 31.4. The Morgan fingerprint density at radius 1 is 1.12 bits per heavy atom. The van der Waals surface area contributed by atoms with Gasteiger partial charge in [-0.1, -0.05) is 0 Å². The van der Waals surface area contributed by atoms with Crippen LogP contribution in [0.5, 0.6) is 0 Å². The number of rotatable bonds is 5. The molecular formula is C23H29F2N7O. The number of likely N-dealkylation sites (tertiary alicyclic amines) is 3. The predicted molar refractivity (Wildman–Crippen MR) is 119 cm³/mol. The summed E-state index contributed by atoms with van der Waals surface area (Å²) in [5.41, 5.74) is 6.51. The van der Waals surface area contributed by atoms with Crippen molar-refractivity contribution in [2.45, 2.75) is 38.3 Å². The van der Waals surface area contributed by atoms with Gasteiger partial charge in [0.05, 0.1) is 17.9 Å². The molecule has 2 aliphatic carbocycles. The normalized spacial score (nSPS) is 26.3. The maximum absolute atomic E-state index is 13.8. The van der Waals surface area contributed by atoms with Crippen molar-refractivity contribution in [3.8, 4) is 0 Å². The molecule has 176 valence electrons. The van der Waals surface area contributed by atoms with Crippen LogP contribution in [0.1, 0.15) is 31.4 Å². The summed E-state index contributed by atoms with van der Waals surface area (Å²) >= 11 is 0. The first kappa shape index (κ1) is 20.9. The van der Waals surface area contributed by atoms with Crippen LogP contribution in [-0.2, 0) is 6.54 Å². The fourth-order valence-electron chi connectivity index (χ4n) is 5.96. The van der Waals surface area contributed by atoms with Crippen molar-refractivity contribution in [3.05, 3.63) is 29.6 Å². The Morgan fingerprint density at radius 2 is 1.79 bits per heavy atom. The van der Waals surface area contributed by atoms with E-state index in [0.29, 0.717) is 24.3 Å². The van der Waals surface area contributed by atoms with Gasteiger partial charge in [0, 0.05) is 68.6 Å². The monoisotopic (exact) mass is 457 g/mol. The van der Waals surface area contributed by atoms with Gasteiger partial charge in [-0.05, 0) is 25.7 Å². The molecule has 0 bridgehead atoms. The molecule has 0 atom stereocenters. The number of urea groups is 1. The van der Waals surface area contributed by atoms with Crippen LogP contribution in [0.3, 0.4) is 0 Å². The number of carbonyl (C=O) groups excluding carboxylic acids is 1. The second kappa shape index (κ2) is 7.44. The highest BCUT2D eigenvalue weighted by molar-refractivity contribution is 5.90. The molecule has 0 aromatic carbocycles. The third kappa shape index (κ3) is 3.88. The molecule has 6 rings (SSSR count). The lowest BCUT2D eigenvalue weighted by molar-refractivity contribution is -0.116. The molecule has 3 saturated heterocycles. The number of amidine groups is 1. The summed E-state index contributed by atoms with van der Waals surface area (Å²) in [6, 6.07) is 1.30. The Balaban J connectivity index is 0.905. The van der Waals surface area contributed by atoms with Gasteiger partial charge in [0.1, 0.15) is 23.8 Å². The molecule has 0 unspecified atom stereocenters. The first-order valence-electron chi connectivity index (χ1n) is 11.7. The second-order valence-electron chi connectivity index (χ2n) is 10.9. The van der Waals surface area contributed by atoms with Crippen molar-refractivity contribution in [1.82, 2.24) is 19.7 Å². The van der Waals surface area contributed by atoms with Crippen LogP contribution < -0.4 is 5.73 Å². The Kier molecular flexibility index (Phi) is 4.73. The average molecular weight is 458 g/mol.